The van der Waals surface area contributed by atoms with Gasteiger partial charge in [-0.15, -0.1) is 0 Å². The molecule has 5 fully saturated rings. The standard InChI is InChI=1S/C35H48N2O2/c1-30(2)10-12-34(22-37-16-6-7-17-37)13-11-33(5)28(24(34)20-30)25(38)18-27-31(3)19-23(21-36)29(39)35(14-15-35)26(31)8-9-32(27,33)4/h18-19,24,26,28H,6-17,20,22H2,1-5H3/t24-,26+,28-,31-,32+,33+,34+/m0/s1. The fourth-order valence-electron chi connectivity index (χ4n) is 11.8. The molecule has 4 saturated carbocycles. The first-order valence-corrected chi connectivity index (χ1v) is 16.0. The van der Waals surface area contributed by atoms with Gasteiger partial charge in [0, 0.05) is 23.3 Å². The minimum absolute atomic E-state index is 0.0712. The fourth-order valence-corrected chi connectivity index (χ4v) is 11.8. The second-order valence-corrected chi connectivity index (χ2v) is 16.5. The quantitative estimate of drug-likeness (QED) is 0.385. The Bertz CT molecular complexity index is 1240. The van der Waals surface area contributed by atoms with Crippen molar-refractivity contribution >= 4 is 11.6 Å². The van der Waals surface area contributed by atoms with Gasteiger partial charge in [0.25, 0.3) is 0 Å². The van der Waals surface area contributed by atoms with Gasteiger partial charge >= 0.3 is 0 Å². The van der Waals surface area contributed by atoms with E-state index in [2.05, 4.69) is 51.7 Å². The molecule has 4 heteroatoms. The molecule has 1 saturated heterocycles. The SMILES string of the molecule is CC1(C)CC[C@]2(CN3CCCC3)CC[C@]3(C)[C@H](C(=O)C=C4[C@@]5(C)C=C(C#N)C(=O)C6(CC6)[C@@H]5CC[C@]43C)[C@@H]2C1. The van der Waals surface area contributed by atoms with Crippen molar-refractivity contribution in [1.82, 2.24) is 4.90 Å². The zero-order valence-corrected chi connectivity index (χ0v) is 25.0. The first-order chi connectivity index (χ1) is 18.3. The highest BCUT2D eigenvalue weighted by Crippen LogP contribution is 2.76. The van der Waals surface area contributed by atoms with Crippen molar-refractivity contribution in [2.75, 3.05) is 19.6 Å². The van der Waals surface area contributed by atoms with Crippen molar-refractivity contribution in [2.24, 2.45) is 50.2 Å². The van der Waals surface area contributed by atoms with Gasteiger partial charge in [0.15, 0.2) is 11.6 Å². The fraction of sp³-hybridized carbons (Fsp3) is 0.800. The third kappa shape index (κ3) is 3.26. The Hall–Kier alpha value is -1.73. The van der Waals surface area contributed by atoms with Crippen LogP contribution in [0.2, 0.25) is 0 Å². The monoisotopic (exact) mass is 528 g/mol. The number of hydrogen-bond acceptors (Lipinski definition) is 4. The highest BCUT2D eigenvalue weighted by Gasteiger charge is 2.72. The lowest BCUT2D eigenvalue weighted by Gasteiger charge is -2.69. The number of allylic oxidation sites excluding steroid dienone is 4. The summed E-state index contributed by atoms with van der Waals surface area (Å²) in [6.45, 7) is 15.7. The topological polar surface area (TPSA) is 61.2 Å². The van der Waals surface area contributed by atoms with Crippen LogP contribution < -0.4 is 0 Å². The van der Waals surface area contributed by atoms with Crippen LogP contribution in [0.1, 0.15) is 105 Å². The molecule has 7 aliphatic rings. The van der Waals surface area contributed by atoms with Crippen molar-refractivity contribution in [1.29, 1.82) is 5.26 Å². The Morgan fingerprint density at radius 1 is 0.949 bits per heavy atom. The Labute approximate surface area is 235 Å². The molecule has 0 bridgehead atoms. The summed E-state index contributed by atoms with van der Waals surface area (Å²) in [7, 11) is 0. The van der Waals surface area contributed by atoms with Crippen LogP contribution in [0.3, 0.4) is 0 Å². The maximum absolute atomic E-state index is 14.6. The molecular formula is C35H48N2O2. The van der Waals surface area contributed by atoms with Gasteiger partial charge in [-0.2, -0.15) is 5.26 Å². The number of fused-ring (bicyclic) bond motifs is 8. The molecule has 7 atom stereocenters. The molecule has 0 N–H and O–H groups in total. The van der Waals surface area contributed by atoms with E-state index in [4.69, 9.17) is 0 Å². The third-order valence-electron chi connectivity index (χ3n) is 14.2. The molecule has 7 rings (SSSR count). The highest BCUT2D eigenvalue weighted by molar-refractivity contribution is 6.06. The maximum atomic E-state index is 14.6. The zero-order chi connectivity index (χ0) is 27.6. The van der Waals surface area contributed by atoms with Crippen LogP contribution in [0.5, 0.6) is 0 Å². The molecule has 0 aromatic rings. The number of carbonyl (C=O) groups is 2. The van der Waals surface area contributed by atoms with Crippen molar-refractivity contribution < 1.29 is 9.59 Å². The van der Waals surface area contributed by atoms with E-state index in [-0.39, 0.29) is 50.1 Å². The lowest BCUT2D eigenvalue weighted by Crippen LogP contribution is -2.65. The number of ketones is 2. The summed E-state index contributed by atoms with van der Waals surface area (Å²) in [5.41, 5.74) is 1.20. The van der Waals surface area contributed by atoms with E-state index >= 15 is 0 Å². The largest absolute Gasteiger partial charge is 0.303 e. The van der Waals surface area contributed by atoms with E-state index in [9.17, 15) is 14.9 Å². The summed E-state index contributed by atoms with van der Waals surface area (Å²) in [5, 5.41) is 9.97. The lowest BCUT2D eigenvalue weighted by molar-refractivity contribution is -0.173. The van der Waals surface area contributed by atoms with Gasteiger partial charge in [-0.3, -0.25) is 9.59 Å². The van der Waals surface area contributed by atoms with Crippen LogP contribution in [0.4, 0.5) is 0 Å². The van der Waals surface area contributed by atoms with Gasteiger partial charge in [-0.25, -0.2) is 0 Å². The Balaban J connectivity index is 1.35. The van der Waals surface area contributed by atoms with E-state index in [1.165, 1.54) is 57.3 Å². The van der Waals surface area contributed by atoms with E-state index in [0.29, 0.717) is 17.3 Å². The van der Waals surface area contributed by atoms with Gasteiger partial charge in [-0.05, 0) is 123 Å². The van der Waals surface area contributed by atoms with Crippen LogP contribution in [0.25, 0.3) is 0 Å². The molecule has 0 amide bonds. The van der Waals surface area contributed by atoms with Gasteiger partial charge in [0.05, 0.1) is 5.57 Å². The van der Waals surface area contributed by atoms with Gasteiger partial charge in [-0.1, -0.05) is 46.3 Å². The van der Waals surface area contributed by atoms with Crippen molar-refractivity contribution in [3.8, 4) is 6.07 Å². The summed E-state index contributed by atoms with van der Waals surface area (Å²) in [6, 6.07) is 2.27. The molecule has 0 unspecified atom stereocenters. The minimum Gasteiger partial charge on any atom is -0.303 e. The minimum atomic E-state index is -0.387. The molecule has 4 nitrogen and oxygen atoms in total. The van der Waals surface area contributed by atoms with Crippen LogP contribution in [-0.2, 0) is 9.59 Å². The molecule has 1 heterocycles. The molecular weight excluding hydrogens is 480 g/mol. The summed E-state index contributed by atoms with van der Waals surface area (Å²) < 4.78 is 0. The first kappa shape index (κ1) is 26.2. The highest BCUT2D eigenvalue weighted by atomic mass is 16.1. The molecule has 1 aliphatic heterocycles. The Morgan fingerprint density at radius 2 is 1.64 bits per heavy atom. The number of nitrogens with zero attached hydrogens (tertiary/aromatic N) is 2. The van der Waals surface area contributed by atoms with Crippen LogP contribution in [0.15, 0.2) is 23.3 Å². The maximum Gasteiger partial charge on any atom is 0.179 e. The second kappa shape index (κ2) is 7.96. The summed E-state index contributed by atoms with van der Waals surface area (Å²) in [4.78, 5) is 30.7. The average Bonchev–Trinajstić information content (AvgIpc) is 3.50. The number of Topliss-reactive ketones (excluding diaryl/α,β-unsaturated/α-hetero) is 1. The van der Waals surface area contributed by atoms with E-state index < -0.39 is 0 Å². The van der Waals surface area contributed by atoms with E-state index in [1.807, 2.05) is 6.08 Å². The Kier molecular flexibility index (Phi) is 5.35. The molecule has 0 aromatic carbocycles. The van der Waals surface area contributed by atoms with Crippen molar-refractivity contribution in [3.05, 3.63) is 23.3 Å². The Morgan fingerprint density at radius 3 is 2.31 bits per heavy atom. The molecule has 6 aliphatic carbocycles. The zero-order valence-electron chi connectivity index (χ0n) is 25.0. The van der Waals surface area contributed by atoms with E-state index in [0.717, 1.165) is 38.5 Å². The second-order valence-electron chi connectivity index (χ2n) is 16.5. The number of carbonyl (C=O) groups excluding carboxylic acids is 2. The summed E-state index contributed by atoms with van der Waals surface area (Å²) in [5.74, 6) is 1.15. The predicted octanol–water partition coefficient (Wildman–Crippen LogP) is 7.06. The van der Waals surface area contributed by atoms with Crippen molar-refractivity contribution in [3.63, 3.8) is 0 Å². The number of nitriles is 1. The van der Waals surface area contributed by atoms with Gasteiger partial charge in [0.2, 0.25) is 0 Å². The first-order valence-electron chi connectivity index (χ1n) is 16.0. The van der Waals surface area contributed by atoms with E-state index in [1.54, 1.807) is 0 Å². The van der Waals surface area contributed by atoms with Gasteiger partial charge in [0.1, 0.15) is 6.07 Å². The molecule has 1 spiro atoms. The van der Waals surface area contributed by atoms with Gasteiger partial charge < -0.3 is 4.90 Å². The predicted molar refractivity (Wildman–Crippen MR) is 152 cm³/mol. The molecule has 39 heavy (non-hydrogen) atoms. The van der Waals surface area contributed by atoms with Crippen LogP contribution >= 0.6 is 0 Å². The number of rotatable bonds is 2. The summed E-state index contributed by atoms with van der Waals surface area (Å²) >= 11 is 0. The smallest absolute Gasteiger partial charge is 0.179 e. The third-order valence-corrected chi connectivity index (χ3v) is 14.2. The van der Waals surface area contributed by atoms with Crippen molar-refractivity contribution in [2.45, 2.75) is 105 Å². The normalized spacial score (nSPS) is 47.7. The van der Waals surface area contributed by atoms with Crippen LogP contribution in [-0.4, -0.2) is 36.1 Å². The number of likely N-dealkylation sites (tertiary alicyclic amines) is 1. The van der Waals surface area contributed by atoms with Crippen LogP contribution in [0, 0.1) is 61.6 Å². The lowest BCUT2D eigenvalue weighted by atomic mass is 9.34. The molecule has 210 valence electrons. The molecule has 0 radical (unpaired) electrons. The summed E-state index contributed by atoms with van der Waals surface area (Å²) in [6.07, 6.45) is 16.6. The average molecular weight is 529 g/mol. The molecule has 0 aromatic heterocycles. The number of hydrogen-bond donors (Lipinski definition) is 0.